The Morgan fingerprint density at radius 3 is 1.67 bits per heavy atom. The van der Waals surface area contributed by atoms with Crippen LogP contribution in [0.1, 0.15) is 39.5 Å². The topological polar surface area (TPSA) is 0 Å². The zero-order chi connectivity index (χ0) is 6.95. The van der Waals surface area contributed by atoms with Crippen molar-refractivity contribution in [1.82, 2.24) is 0 Å². The van der Waals surface area contributed by atoms with Crippen molar-refractivity contribution in [2.75, 3.05) is 0 Å². The molecule has 56 valence electrons. The summed E-state index contributed by atoms with van der Waals surface area (Å²) in [7, 11) is 0. The van der Waals surface area contributed by atoms with Crippen molar-refractivity contribution in [3.05, 3.63) is 0 Å². The molecule has 0 atom stereocenters. The molecule has 0 unspecified atom stereocenters. The van der Waals surface area contributed by atoms with Gasteiger partial charge in [-0.3, -0.25) is 0 Å². The van der Waals surface area contributed by atoms with Crippen LogP contribution in [0.5, 0.6) is 0 Å². The van der Waals surface area contributed by atoms with Gasteiger partial charge in [0.15, 0.2) is 0 Å². The summed E-state index contributed by atoms with van der Waals surface area (Å²) in [6, 6.07) is 0. The molecule has 0 N–H and O–H groups in total. The number of hydrogen-bond acceptors (Lipinski definition) is 0. The van der Waals surface area contributed by atoms with Gasteiger partial charge in [0, 0.05) is 0 Å². The summed E-state index contributed by atoms with van der Waals surface area (Å²) in [5.74, 6) is 0. The second kappa shape index (κ2) is 8.53. The Morgan fingerprint density at radius 2 is 1.33 bits per heavy atom. The summed E-state index contributed by atoms with van der Waals surface area (Å²) in [4.78, 5) is 0. The Kier molecular flexibility index (Phi) is 9.04. The van der Waals surface area contributed by atoms with E-state index in [1.54, 1.807) is 0 Å². The van der Waals surface area contributed by atoms with E-state index >= 15 is 0 Å². The third kappa shape index (κ3) is 8.53. The van der Waals surface area contributed by atoms with E-state index in [-0.39, 0.29) is 0 Å². The van der Waals surface area contributed by atoms with Crippen LogP contribution < -0.4 is 0 Å². The molecule has 0 aromatic carbocycles. The van der Waals surface area contributed by atoms with Gasteiger partial charge in [0.05, 0.1) is 0 Å². The molecule has 0 radical (unpaired) electrons. The summed E-state index contributed by atoms with van der Waals surface area (Å²) < 4.78 is 0. The van der Waals surface area contributed by atoms with Gasteiger partial charge < -0.3 is 0 Å². The van der Waals surface area contributed by atoms with E-state index in [0.717, 1.165) is 15.2 Å². The SMILES string of the molecule is CCC[CH2][Cr][CH2]CCC. The van der Waals surface area contributed by atoms with Crippen LogP contribution in [0.4, 0.5) is 0 Å². The first kappa shape index (κ1) is 9.53. The molecule has 0 aliphatic carbocycles. The van der Waals surface area contributed by atoms with E-state index in [9.17, 15) is 0 Å². The first-order chi connectivity index (χ1) is 4.41. The average molecular weight is 166 g/mol. The van der Waals surface area contributed by atoms with Crippen molar-refractivity contribution in [2.45, 2.75) is 50.1 Å². The molecule has 0 heterocycles. The van der Waals surface area contributed by atoms with Crippen LogP contribution >= 0.6 is 0 Å². The minimum atomic E-state index is 0.978. The van der Waals surface area contributed by atoms with Gasteiger partial charge in [-0.15, -0.1) is 0 Å². The molecule has 0 saturated carbocycles. The van der Waals surface area contributed by atoms with Crippen LogP contribution in [0, 0.1) is 0 Å². The van der Waals surface area contributed by atoms with E-state index < -0.39 is 0 Å². The van der Waals surface area contributed by atoms with E-state index in [4.69, 9.17) is 0 Å². The van der Waals surface area contributed by atoms with Crippen molar-refractivity contribution in [3.8, 4) is 0 Å². The second-order valence-corrected chi connectivity index (χ2v) is 4.23. The number of rotatable bonds is 6. The summed E-state index contributed by atoms with van der Waals surface area (Å²) >= 11 is 0.978. The maximum absolute atomic E-state index is 2.27. The van der Waals surface area contributed by atoms with Gasteiger partial charge in [-0.25, -0.2) is 0 Å². The first-order valence-electron chi connectivity index (χ1n) is 3.99. The van der Waals surface area contributed by atoms with Gasteiger partial charge in [0.25, 0.3) is 0 Å². The fraction of sp³-hybridized carbons (Fsp3) is 1.00. The quantitative estimate of drug-likeness (QED) is 0.530. The maximum atomic E-state index is 2.27. The minimum absolute atomic E-state index is 0.978. The molecule has 0 nitrogen and oxygen atoms in total. The van der Waals surface area contributed by atoms with Gasteiger partial charge in [-0.2, -0.15) is 0 Å². The van der Waals surface area contributed by atoms with Gasteiger partial charge in [-0.05, 0) is 0 Å². The van der Waals surface area contributed by atoms with Crippen LogP contribution in [0.15, 0.2) is 0 Å². The molecule has 0 bridgehead atoms. The Bertz CT molecular complexity index is 37.8. The molecule has 9 heavy (non-hydrogen) atoms. The Labute approximate surface area is 65.7 Å². The summed E-state index contributed by atoms with van der Waals surface area (Å²) in [5.41, 5.74) is 0. The fourth-order valence-corrected chi connectivity index (χ4v) is 2.45. The van der Waals surface area contributed by atoms with Gasteiger partial charge in [0.1, 0.15) is 0 Å². The normalized spacial score (nSPS) is 10.0. The van der Waals surface area contributed by atoms with Gasteiger partial charge in [0.2, 0.25) is 0 Å². The Hall–Kier alpha value is 0.532. The van der Waals surface area contributed by atoms with E-state index in [1.165, 1.54) is 36.2 Å². The van der Waals surface area contributed by atoms with Crippen LogP contribution in [0.3, 0.4) is 0 Å². The first-order valence-corrected chi connectivity index (χ1v) is 5.79. The Morgan fingerprint density at radius 1 is 0.889 bits per heavy atom. The number of unbranched alkanes of at least 4 members (excludes halogenated alkanes) is 2. The molecule has 0 aromatic rings. The number of hydrogen-bond donors (Lipinski definition) is 0. The van der Waals surface area contributed by atoms with Crippen LogP contribution in [0.25, 0.3) is 0 Å². The van der Waals surface area contributed by atoms with Crippen LogP contribution in [0.2, 0.25) is 10.6 Å². The van der Waals surface area contributed by atoms with Crippen molar-refractivity contribution >= 4 is 0 Å². The molecule has 0 fully saturated rings. The van der Waals surface area contributed by atoms with Crippen molar-refractivity contribution in [1.29, 1.82) is 0 Å². The molecule has 0 aliphatic heterocycles. The third-order valence-electron chi connectivity index (χ3n) is 1.28. The molecule has 0 spiro atoms. The van der Waals surface area contributed by atoms with Gasteiger partial charge in [-0.1, -0.05) is 0 Å². The summed E-state index contributed by atoms with van der Waals surface area (Å²) in [6.45, 7) is 4.55. The molecule has 0 aromatic heterocycles. The van der Waals surface area contributed by atoms with Crippen molar-refractivity contribution in [2.24, 2.45) is 0 Å². The molecule has 0 aliphatic rings. The molecule has 0 rings (SSSR count). The van der Waals surface area contributed by atoms with Gasteiger partial charge >= 0.3 is 65.3 Å². The molecule has 0 amide bonds. The standard InChI is InChI=1S/2C4H9.Cr/c2*1-3-4-2;/h2*1,3-4H2,2H3;. The predicted octanol–water partition coefficient (Wildman–Crippen LogP) is 3.51. The Balaban J connectivity index is 2.60. The molecular weight excluding hydrogens is 148 g/mol. The molecule has 0 saturated heterocycles. The van der Waals surface area contributed by atoms with E-state index in [0.29, 0.717) is 0 Å². The monoisotopic (exact) mass is 166 g/mol. The third-order valence-corrected chi connectivity index (χ3v) is 3.09. The summed E-state index contributed by atoms with van der Waals surface area (Å²) in [5, 5.41) is 3.03. The van der Waals surface area contributed by atoms with E-state index in [1.807, 2.05) is 0 Å². The molecular formula is C8H18Cr. The molecule has 1 heteroatoms. The zero-order valence-electron chi connectivity index (χ0n) is 6.65. The second-order valence-electron chi connectivity index (χ2n) is 2.32. The predicted molar refractivity (Wildman–Crippen MR) is 39.4 cm³/mol. The van der Waals surface area contributed by atoms with Crippen LogP contribution in [-0.2, 0) is 15.2 Å². The van der Waals surface area contributed by atoms with Crippen LogP contribution in [-0.4, -0.2) is 0 Å². The zero-order valence-corrected chi connectivity index (χ0v) is 7.93. The summed E-state index contributed by atoms with van der Waals surface area (Å²) in [6.07, 6.45) is 5.69. The van der Waals surface area contributed by atoms with E-state index in [2.05, 4.69) is 13.8 Å². The average Bonchev–Trinajstić information content (AvgIpc) is 1.89. The van der Waals surface area contributed by atoms with Crippen molar-refractivity contribution < 1.29 is 15.2 Å². The van der Waals surface area contributed by atoms with Crippen molar-refractivity contribution in [3.63, 3.8) is 0 Å². The fourth-order valence-electron chi connectivity index (χ4n) is 0.595.